The number of carbonyl (C=O) groups excluding carboxylic acids is 1. The van der Waals surface area contributed by atoms with Gasteiger partial charge in [0.1, 0.15) is 0 Å². The van der Waals surface area contributed by atoms with E-state index in [1.807, 2.05) is 26.8 Å². The molecular weight excluding hydrogens is 252 g/mol. The van der Waals surface area contributed by atoms with Crippen molar-refractivity contribution < 1.29 is 4.79 Å². The van der Waals surface area contributed by atoms with Gasteiger partial charge in [0.2, 0.25) is 11.9 Å². The minimum atomic E-state index is 0.153. The molecule has 0 unspecified atom stereocenters. The number of hydrogen-bond donors (Lipinski definition) is 1. The lowest BCUT2D eigenvalue weighted by Crippen LogP contribution is -2.48. The van der Waals surface area contributed by atoms with Gasteiger partial charge in [0.05, 0.1) is 0 Å². The second-order valence-corrected chi connectivity index (χ2v) is 5.55. The van der Waals surface area contributed by atoms with Crippen LogP contribution in [0.2, 0.25) is 0 Å². The number of nitrogens with one attached hydrogen (secondary N) is 1. The van der Waals surface area contributed by atoms with Crippen LogP contribution in [-0.4, -0.2) is 35.0 Å². The van der Waals surface area contributed by atoms with Gasteiger partial charge in [0.25, 0.3) is 0 Å². The second kappa shape index (κ2) is 6.68. The van der Waals surface area contributed by atoms with E-state index in [1.165, 1.54) is 0 Å². The van der Waals surface area contributed by atoms with Gasteiger partial charge in [-0.05, 0) is 39.2 Å². The van der Waals surface area contributed by atoms with Crippen molar-refractivity contribution in [2.75, 3.05) is 18.0 Å². The van der Waals surface area contributed by atoms with Crippen LogP contribution in [0, 0.1) is 13.8 Å². The molecule has 2 heterocycles. The van der Waals surface area contributed by atoms with Crippen molar-refractivity contribution in [3.05, 3.63) is 17.5 Å². The fourth-order valence-electron chi connectivity index (χ4n) is 2.65. The fourth-order valence-corrected chi connectivity index (χ4v) is 2.65. The molecule has 0 radical (unpaired) electrons. The van der Waals surface area contributed by atoms with E-state index in [1.54, 1.807) is 0 Å². The Kier molecular flexibility index (Phi) is 4.93. The van der Waals surface area contributed by atoms with Crippen LogP contribution in [0.25, 0.3) is 0 Å². The summed E-state index contributed by atoms with van der Waals surface area (Å²) >= 11 is 0. The SMILES string of the molecule is CCCC(=O)N[C@H]1CCCN(c2nc(C)cc(C)n2)C1. The molecule has 1 N–H and O–H groups in total. The standard InChI is InChI=1S/C15H24N4O/c1-4-6-14(20)18-13-7-5-8-19(10-13)15-16-11(2)9-12(3)17-15/h9,13H,4-8,10H2,1-3H3,(H,18,20)/t13-/m0/s1. The number of rotatable bonds is 4. The van der Waals surface area contributed by atoms with Gasteiger partial charge < -0.3 is 10.2 Å². The van der Waals surface area contributed by atoms with Gasteiger partial charge >= 0.3 is 0 Å². The molecule has 1 aliphatic heterocycles. The summed E-state index contributed by atoms with van der Waals surface area (Å²) in [5.74, 6) is 0.942. The summed E-state index contributed by atoms with van der Waals surface area (Å²) in [6.07, 6.45) is 3.60. The molecule has 0 bridgehead atoms. The van der Waals surface area contributed by atoms with E-state index in [0.717, 1.165) is 49.7 Å². The zero-order chi connectivity index (χ0) is 14.5. The largest absolute Gasteiger partial charge is 0.352 e. The van der Waals surface area contributed by atoms with Gasteiger partial charge in [0.15, 0.2) is 0 Å². The van der Waals surface area contributed by atoms with Crippen LogP contribution in [0.4, 0.5) is 5.95 Å². The smallest absolute Gasteiger partial charge is 0.225 e. The van der Waals surface area contributed by atoms with Crippen molar-refractivity contribution >= 4 is 11.9 Å². The second-order valence-electron chi connectivity index (χ2n) is 5.55. The molecule has 0 saturated carbocycles. The van der Waals surface area contributed by atoms with Crippen molar-refractivity contribution in [1.29, 1.82) is 0 Å². The maximum Gasteiger partial charge on any atom is 0.225 e. The van der Waals surface area contributed by atoms with Crippen molar-refractivity contribution in [1.82, 2.24) is 15.3 Å². The van der Waals surface area contributed by atoms with Crippen LogP contribution in [0.3, 0.4) is 0 Å². The number of carbonyl (C=O) groups is 1. The molecule has 1 atom stereocenters. The molecule has 1 aliphatic rings. The number of aromatic nitrogens is 2. The quantitative estimate of drug-likeness (QED) is 0.913. The van der Waals surface area contributed by atoms with Crippen molar-refractivity contribution in [3.8, 4) is 0 Å². The molecule has 1 fully saturated rings. The summed E-state index contributed by atoms with van der Waals surface area (Å²) in [5, 5.41) is 3.11. The van der Waals surface area contributed by atoms with E-state index >= 15 is 0 Å². The Morgan fingerprint density at radius 1 is 1.40 bits per heavy atom. The molecule has 5 heteroatoms. The molecular formula is C15H24N4O. The zero-order valence-electron chi connectivity index (χ0n) is 12.6. The average molecular weight is 276 g/mol. The number of anilines is 1. The highest BCUT2D eigenvalue weighted by Gasteiger charge is 2.23. The van der Waals surface area contributed by atoms with E-state index in [9.17, 15) is 4.79 Å². The third-order valence-electron chi connectivity index (χ3n) is 3.52. The Morgan fingerprint density at radius 2 is 2.10 bits per heavy atom. The fraction of sp³-hybridized carbons (Fsp3) is 0.667. The normalized spacial score (nSPS) is 18.9. The predicted octanol–water partition coefficient (Wildman–Crippen LogP) is 1.98. The van der Waals surface area contributed by atoms with Crippen LogP contribution in [0.15, 0.2) is 6.07 Å². The van der Waals surface area contributed by atoms with Crippen LogP contribution >= 0.6 is 0 Å². The lowest BCUT2D eigenvalue weighted by atomic mass is 10.1. The van der Waals surface area contributed by atoms with Gasteiger partial charge in [0, 0.05) is 36.9 Å². The summed E-state index contributed by atoms with van der Waals surface area (Å²) in [6.45, 7) is 7.77. The van der Waals surface area contributed by atoms with E-state index in [4.69, 9.17) is 0 Å². The molecule has 5 nitrogen and oxygen atoms in total. The van der Waals surface area contributed by atoms with E-state index in [0.29, 0.717) is 6.42 Å². The number of nitrogens with zero attached hydrogens (tertiary/aromatic N) is 3. The Balaban J connectivity index is 2.01. The molecule has 2 rings (SSSR count). The summed E-state index contributed by atoms with van der Waals surface area (Å²) in [4.78, 5) is 22.9. The van der Waals surface area contributed by atoms with Gasteiger partial charge in [-0.2, -0.15) is 0 Å². The first kappa shape index (κ1) is 14.8. The lowest BCUT2D eigenvalue weighted by Gasteiger charge is -2.33. The molecule has 1 aromatic rings. The van der Waals surface area contributed by atoms with Crippen LogP contribution < -0.4 is 10.2 Å². The molecule has 1 aromatic heterocycles. The Hall–Kier alpha value is -1.65. The number of hydrogen-bond acceptors (Lipinski definition) is 4. The van der Waals surface area contributed by atoms with Gasteiger partial charge in [-0.3, -0.25) is 4.79 Å². The number of piperidine rings is 1. The number of aryl methyl sites for hydroxylation is 2. The van der Waals surface area contributed by atoms with Crippen molar-refractivity contribution in [2.24, 2.45) is 0 Å². The highest BCUT2D eigenvalue weighted by atomic mass is 16.1. The summed E-state index contributed by atoms with van der Waals surface area (Å²) < 4.78 is 0. The van der Waals surface area contributed by atoms with Crippen molar-refractivity contribution in [2.45, 2.75) is 52.5 Å². The lowest BCUT2D eigenvalue weighted by molar-refractivity contribution is -0.121. The molecule has 110 valence electrons. The molecule has 20 heavy (non-hydrogen) atoms. The van der Waals surface area contributed by atoms with Crippen molar-refractivity contribution in [3.63, 3.8) is 0 Å². The van der Waals surface area contributed by atoms with Gasteiger partial charge in [-0.15, -0.1) is 0 Å². The predicted molar refractivity (Wildman–Crippen MR) is 79.8 cm³/mol. The van der Waals surface area contributed by atoms with Crippen LogP contribution in [-0.2, 0) is 4.79 Å². The maximum atomic E-state index is 11.7. The molecule has 0 aliphatic carbocycles. The first-order valence-corrected chi connectivity index (χ1v) is 7.45. The molecule has 1 amide bonds. The third kappa shape index (κ3) is 3.92. The Bertz CT molecular complexity index is 455. The highest BCUT2D eigenvalue weighted by Crippen LogP contribution is 2.17. The van der Waals surface area contributed by atoms with Crippen LogP contribution in [0.5, 0.6) is 0 Å². The highest BCUT2D eigenvalue weighted by molar-refractivity contribution is 5.76. The summed E-state index contributed by atoms with van der Waals surface area (Å²) in [7, 11) is 0. The number of amides is 1. The van der Waals surface area contributed by atoms with Gasteiger partial charge in [-0.1, -0.05) is 6.92 Å². The Labute approximate surface area is 120 Å². The molecule has 0 spiro atoms. The topological polar surface area (TPSA) is 58.1 Å². The van der Waals surface area contributed by atoms with Crippen LogP contribution in [0.1, 0.15) is 44.0 Å². The molecule has 0 aromatic carbocycles. The average Bonchev–Trinajstić information content (AvgIpc) is 2.38. The maximum absolute atomic E-state index is 11.7. The Morgan fingerprint density at radius 3 is 2.75 bits per heavy atom. The third-order valence-corrected chi connectivity index (χ3v) is 3.52. The minimum Gasteiger partial charge on any atom is -0.352 e. The van der Waals surface area contributed by atoms with Gasteiger partial charge in [-0.25, -0.2) is 9.97 Å². The summed E-state index contributed by atoms with van der Waals surface area (Å²) in [6, 6.07) is 2.20. The first-order valence-electron chi connectivity index (χ1n) is 7.45. The monoisotopic (exact) mass is 276 g/mol. The minimum absolute atomic E-state index is 0.153. The van der Waals surface area contributed by atoms with E-state index < -0.39 is 0 Å². The van der Waals surface area contributed by atoms with E-state index in [2.05, 4.69) is 20.2 Å². The zero-order valence-corrected chi connectivity index (χ0v) is 12.6. The van der Waals surface area contributed by atoms with E-state index in [-0.39, 0.29) is 11.9 Å². The molecule has 1 saturated heterocycles. The summed E-state index contributed by atoms with van der Waals surface area (Å²) in [5.41, 5.74) is 1.98. The first-order chi connectivity index (χ1) is 9.58.